The molecule has 0 aliphatic heterocycles. The van der Waals surface area contributed by atoms with Crippen LogP contribution in [0.4, 0.5) is 13.2 Å². The van der Waals surface area contributed by atoms with Crippen molar-refractivity contribution in [2.24, 2.45) is 11.8 Å². The van der Waals surface area contributed by atoms with Crippen LogP contribution in [0.15, 0.2) is 0 Å². The van der Waals surface area contributed by atoms with E-state index in [1.165, 1.54) is 0 Å². The van der Waals surface area contributed by atoms with Crippen LogP contribution < -0.4 is 0 Å². The van der Waals surface area contributed by atoms with E-state index in [0.29, 0.717) is 0 Å². The average Bonchev–Trinajstić information content (AvgIpc) is 2.30. The number of carboxylic acids is 1. The van der Waals surface area contributed by atoms with Gasteiger partial charge in [-0.15, -0.1) is 0 Å². The Balaban J connectivity index is 2.51. The molecule has 0 aromatic heterocycles. The molecule has 1 saturated carbocycles. The maximum absolute atomic E-state index is 12.0. The number of carboxylic acid groups (broad SMARTS) is 1. The zero-order valence-electron chi connectivity index (χ0n) is 6.27. The molecule has 12 heavy (non-hydrogen) atoms. The van der Waals surface area contributed by atoms with Gasteiger partial charge in [0, 0.05) is 0 Å². The van der Waals surface area contributed by atoms with Crippen LogP contribution in [0, 0.1) is 11.8 Å². The minimum absolute atomic E-state index is 0.0412. The van der Waals surface area contributed by atoms with E-state index in [1.807, 2.05) is 0 Å². The highest BCUT2D eigenvalue weighted by atomic mass is 19.4. The molecule has 0 heterocycles. The number of halogens is 3. The molecule has 1 N–H and O–H groups in total. The zero-order valence-corrected chi connectivity index (χ0v) is 6.27. The van der Waals surface area contributed by atoms with Gasteiger partial charge in [-0.2, -0.15) is 13.2 Å². The van der Waals surface area contributed by atoms with Gasteiger partial charge in [-0.1, -0.05) is 0 Å². The quantitative estimate of drug-likeness (QED) is 0.673. The van der Waals surface area contributed by atoms with Gasteiger partial charge in [-0.3, -0.25) is 4.79 Å². The summed E-state index contributed by atoms with van der Waals surface area (Å²) in [5.74, 6) is -3.31. The van der Waals surface area contributed by atoms with Gasteiger partial charge in [0.15, 0.2) is 0 Å². The van der Waals surface area contributed by atoms with E-state index in [9.17, 15) is 18.0 Å². The van der Waals surface area contributed by atoms with Gasteiger partial charge in [-0.25, -0.2) is 0 Å². The van der Waals surface area contributed by atoms with Crippen LogP contribution in [-0.4, -0.2) is 17.3 Å². The number of hydrogen-bond donors (Lipinski definition) is 1. The van der Waals surface area contributed by atoms with Crippen LogP contribution in [0.1, 0.15) is 19.3 Å². The third-order valence-electron chi connectivity index (χ3n) is 2.24. The van der Waals surface area contributed by atoms with Crippen molar-refractivity contribution >= 4 is 5.97 Å². The maximum Gasteiger partial charge on any atom is 0.391 e. The Bertz CT molecular complexity index is 188. The summed E-state index contributed by atoms with van der Waals surface area (Å²) in [5, 5.41) is 8.43. The van der Waals surface area contributed by atoms with Crippen molar-refractivity contribution < 1.29 is 23.1 Å². The van der Waals surface area contributed by atoms with Gasteiger partial charge >= 0.3 is 12.1 Å². The second-order valence-corrected chi connectivity index (χ2v) is 3.09. The van der Waals surface area contributed by atoms with Gasteiger partial charge in [-0.05, 0) is 19.3 Å². The van der Waals surface area contributed by atoms with Crippen LogP contribution in [-0.2, 0) is 4.79 Å². The molecule has 2 atom stereocenters. The summed E-state index contributed by atoms with van der Waals surface area (Å²) in [4.78, 5) is 10.3. The summed E-state index contributed by atoms with van der Waals surface area (Å²) in [7, 11) is 0. The highest BCUT2D eigenvalue weighted by Crippen LogP contribution is 2.41. The smallest absolute Gasteiger partial charge is 0.391 e. The second-order valence-electron chi connectivity index (χ2n) is 3.09. The standard InChI is InChI=1S/C7H9F3O2/c8-7(9,10)5-2-1-4(3-5)6(11)12/h4-5H,1-3H2,(H,11,12). The molecule has 1 aliphatic rings. The van der Waals surface area contributed by atoms with E-state index < -0.39 is 24.0 Å². The number of hydrogen-bond acceptors (Lipinski definition) is 1. The Labute approximate surface area is 67.4 Å². The molecule has 0 radical (unpaired) electrons. The summed E-state index contributed by atoms with van der Waals surface area (Å²) in [5.41, 5.74) is 0. The molecule has 70 valence electrons. The van der Waals surface area contributed by atoms with Crippen molar-refractivity contribution in [2.75, 3.05) is 0 Å². The molecule has 2 unspecified atom stereocenters. The second kappa shape index (κ2) is 2.95. The van der Waals surface area contributed by atoms with E-state index >= 15 is 0 Å². The topological polar surface area (TPSA) is 37.3 Å². The fourth-order valence-electron chi connectivity index (χ4n) is 1.50. The number of carbonyl (C=O) groups is 1. The number of rotatable bonds is 1. The Hall–Kier alpha value is -0.740. The minimum atomic E-state index is -4.22. The molecule has 0 aromatic carbocycles. The third-order valence-corrected chi connectivity index (χ3v) is 2.24. The first-order chi connectivity index (χ1) is 5.41. The molecular formula is C7H9F3O2. The molecule has 1 aliphatic carbocycles. The van der Waals surface area contributed by atoms with Crippen LogP contribution in [0.3, 0.4) is 0 Å². The monoisotopic (exact) mass is 182 g/mol. The maximum atomic E-state index is 12.0. The predicted octanol–water partition coefficient (Wildman–Crippen LogP) is 2.05. The van der Waals surface area contributed by atoms with E-state index in [4.69, 9.17) is 5.11 Å². The Kier molecular flexibility index (Phi) is 2.30. The summed E-state index contributed by atoms with van der Waals surface area (Å²) < 4.78 is 36.0. The molecule has 2 nitrogen and oxygen atoms in total. The molecule has 0 saturated heterocycles. The fourth-order valence-corrected chi connectivity index (χ4v) is 1.50. The molecular weight excluding hydrogens is 173 g/mol. The third kappa shape index (κ3) is 1.89. The molecule has 0 amide bonds. The largest absolute Gasteiger partial charge is 0.481 e. The fraction of sp³-hybridized carbons (Fsp3) is 0.857. The Morgan fingerprint density at radius 3 is 2.17 bits per heavy atom. The van der Waals surface area contributed by atoms with Crippen LogP contribution in [0.25, 0.3) is 0 Å². The Morgan fingerprint density at radius 2 is 1.92 bits per heavy atom. The van der Waals surface area contributed by atoms with Crippen LogP contribution in [0.5, 0.6) is 0 Å². The lowest BCUT2D eigenvalue weighted by Gasteiger charge is -2.13. The van der Waals surface area contributed by atoms with Crippen molar-refractivity contribution in [1.82, 2.24) is 0 Å². The van der Waals surface area contributed by atoms with E-state index in [1.54, 1.807) is 0 Å². The highest BCUT2D eigenvalue weighted by Gasteiger charge is 2.45. The van der Waals surface area contributed by atoms with Gasteiger partial charge in [0.05, 0.1) is 11.8 Å². The summed E-state index contributed by atoms with van der Waals surface area (Å²) in [6.07, 6.45) is -4.36. The normalized spacial score (nSPS) is 30.6. The van der Waals surface area contributed by atoms with Gasteiger partial charge in [0.25, 0.3) is 0 Å². The van der Waals surface area contributed by atoms with Crippen LogP contribution in [0.2, 0.25) is 0 Å². The first kappa shape index (κ1) is 9.35. The molecule has 0 aromatic rings. The first-order valence-corrected chi connectivity index (χ1v) is 3.71. The molecule has 5 heteroatoms. The molecule has 0 bridgehead atoms. The predicted molar refractivity (Wildman–Crippen MR) is 34.5 cm³/mol. The van der Waals surface area contributed by atoms with Gasteiger partial charge in [0.2, 0.25) is 0 Å². The lowest BCUT2D eigenvalue weighted by atomic mass is 10.1. The van der Waals surface area contributed by atoms with Crippen LogP contribution >= 0.6 is 0 Å². The average molecular weight is 182 g/mol. The van der Waals surface area contributed by atoms with E-state index in [0.717, 1.165) is 0 Å². The molecule has 0 spiro atoms. The summed E-state index contributed by atoms with van der Waals surface area (Å²) >= 11 is 0. The SMILES string of the molecule is O=C(O)C1CCC(C(F)(F)F)C1. The summed E-state index contributed by atoms with van der Waals surface area (Å²) in [6.45, 7) is 0. The van der Waals surface area contributed by atoms with E-state index in [2.05, 4.69) is 0 Å². The zero-order chi connectivity index (χ0) is 9.35. The van der Waals surface area contributed by atoms with Crippen molar-refractivity contribution in [1.29, 1.82) is 0 Å². The lowest BCUT2D eigenvalue weighted by molar-refractivity contribution is -0.173. The van der Waals surface area contributed by atoms with Crippen molar-refractivity contribution in [3.63, 3.8) is 0 Å². The molecule has 1 rings (SSSR count). The minimum Gasteiger partial charge on any atom is -0.481 e. The van der Waals surface area contributed by atoms with Crippen molar-refractivity contribution in [3.8, 4) is 0 Å². The number of aliphatic carboxylic acids is 1. The number of alkyl halides is 3. The Morgan fingerprint density at radius 1 is 1.33 bits per heavy atom. The lowest BCUT2D eigenvalue weighted by Crippen LogP contribution is -2.21. The van der Waals surface area contributed by atoms with Crippen molar-refractivity contribution in [3.05, 3.63) is 0 Å². The molecule has 1 fully saturated rings. The van der Waals surface area contributed by atoms with Gasteiger partial charge in [0.1, 0.15) is 0 Å². The summed E-state index contributed by atoms with van der Waals surface area (Å²) in [6, 6.07) is 0. The van der Waals surface area contributed by atoms with Crippen molar-refractivity contribution in [2.45, 2.75) is 25.4 Å². The van der Waals surface area contributed by atoms with Gasteiger partial charge < -0.3 is 5.11 Å². The highest BCUT2D eigenvalue weighted by molar-refractivity contribution is 5.70. The first-order valence-electron chi connectivity index (χ1n) is 3.71. The van der Waals surface area contributed by atoms with E-state index in [-0.39, 0.29) is 19.3 Å².